The first-order chi connectivity index (χ1) is 13.9. The molecule has 3 rings (SSSR count). The van der Waals surface area contributed by atoms with Gasteiger partial charge in [-0.1, -0.05) is 12.6 Å². The molecule has 1 aliphatic rings. The molecule has 6 nitrogen and oxygen atoms in total. The number of amides is 2. The highest BCUT2D eigenvalue weighted by Crippen LogP contribution is 2.28. The molecule has 1 saturated heterocycles. The number of rotatable bonds is 5. The van der Waals surface area contributed by atoms with Crippen LogP contribution in [-0.4, -0.2) is 50.6 Å². The van der Waals surface area contributed by atoms with E-state index >= 15 is 0 Å². The first-order valence-electron chi connectivity index (χ1n) is 9.19. The number of likely N-dealkylation sites (N-methyl/N-ethyl adjacent to an activating group) is 1. The Hall–Kier alpha value is -3.19. The number of carbonyl (C=O) groups excluding carboxylic acids is 2. The molecular weight excluding hydrogens is 375 g/mol. The minimum absolute atomic E-state index is 0.128. The zero-order chi connectivity index (χ0) is 21.0. The van der Waals surface area contributed by atoms with E-state index in [0.29, 0.717) is 30.9 Å². The number of hydrogen-bond donors (Lipinski definition) is 0. The van der Waals surface area contributed by atoms with Gasteiger partial charge in [0.25, 0.3) is 5.91 Å². The van der Waals surface area contributed by atoms with Crippen molar-refractivity contribution in [3.05, 3.63) is 72.1 Å². The van der Waals surface area contributed by atoms with Gasteiger partial charge >= 0.3 is 0 Å². The average molecular weight is 398 g/mol. The van der Waals surface area contributed by atoms with Crippen molar-refractivity contribution in [1.29, 1.82) is 0 Å². The molecule has 0 saturated carbocycles. The highest BCUT2D eigenvalue weighted by Gasteiger charge is 2.27. The second-order valence-electron chi connectivity index (χ2n) is 6.65. The highest BCUT2D eigenvalue weighted by atomic mass is 19.1. The van der Waals surface area contributed by atoms with Gasteiger partial charge in [0.1, 0.15) is 6.10 Å². The minimum Gasteiger partial charge on any atom is -0.494 e. The molecule has 2 aromatic carbocycles. The molecule has 0 radical (unpaired) electrons. The van der Waals surface area contributed by atoms with Gasteiger partial charge in [0, 0.05) is 24.8 Å². The molecule has 1 aliphatic heterocycles. The fourth-order valence-corrected chi connectivity index (χ4v) is 3.19. The summed E-state index contributed by atoms with van der Waals surface area (Å²) in [4.78, 5) is 27.8. The van der Waals surface area contributed by atoms with E-state index in [4.69, 9.17) is 9.47 Å². The van der Waals surface area contributed by atoms with Gasteiger partial charge in [0.2, 0.25) is 5.91 Å². The van der Waals surface area contributed by atoms with Crippen molar-refractivity contribution in [1.82, 2.24) is 4.90 Å². The second-order valence-corrected chi connectivity index (χ2v) is 6.65. The Balaban J connectivity index is 1.72. The molecule has 0 spiro atoms. The molecule has 7 heteroatoms. The summed E-state index contributed by atoms with van der Waals surface area (Å²) >= 11 is 0. The van der Waals surface area contributed by atoms with Gasteiger partial charge in [0.15, 0.2) is 11.6 Å². The monoisotopic (exact) mass is 398 g/mol. The molecule has 29 heavy (non-hydrogen) atoms. The lowest BCUT2D eigenvalue weighted by Crippen LogP contribution is -2.42. The molecule has 0 bridgehead atoms. The van der Waals surface area contributed by atoms with Crippen LogP contribution in [0, 0.1) is 5.82 Å². The van der Waals surface area contributed by atoms with E-state index < -0.39 is 5.82 Å². The Labute approximate surface area is 169 Å². The van der Waals surface area contributed by atoms with Gasteiger partial charge in [-0.25, -0.2) is 4.39 Å². The van der Waals surface area contributed by atoms with E-state index in [1.165, 1.54) is 24.2 Å². The van der Waals surface area contributed by atoms with Crippen molar-refractivity contribution < 1.29 is 23.5 Å². The molecule has 0 aromatic heterocycles. The minimum atomic E-state index is -0.444. The third kappa shape index (κ3) is 4.46. The van der Waals surface area contributed by atoms with E-state index in [-0.39, 0.29) is 23.7 Å². The first-order valence-corrected chi connectivity index (χ1v) is 9.19. The van der Waals surface area contributed by atoms with Crippen LogP contribution in [0.25, 0.3) is 0 Å². The van der Waals surface area contributed by atoms with E-state index in [1.807, 2.05) is 0 Å². The summed E-state index contributed by atoms with van der Waals surface area (Å²) in [5.41, 5.74) is 1.94. The molecular formula is C22H23FN2O4. The Morgan fingerprint density at radius 2 is 2.00 bits per heavy atom. The Morgan fingerprint density at radius 1 is 1.28 bits per heavy atom. The fourth-order valence-electron chi connectivity index (χ4n) is 3.19. The second kappa shape index (κ2) is 8.87. The number of nitrogens with zero attached hydrogens (tertiary/aromatic N) is 2. The maximum Gasteiger partial charge on any atom is 0.254 e. The lowest BCUT2D eigenvalue weighted by Gasteiger charge is -2.33. The maximum absolute atomic E-state index is 13.7. The number of benzene rings is 2. The van der Waals surface area contributed by atoms with Crippen LogP contribution in [0.3, 0.4) is 0 Å². The van der Waals surface area contributed by atoms with Gasteiger partial charge < -0.3 is 19.3 Å². The molecule has 1 fully saturated rings. The third-order valence-electron chi connectivity index (χ3n) is 4.91. The molecule has 0 N–H and O–H groups in total. The lowest BCUT2D eigenvalue weighted by atomic mass is 10.1. The van der Waals surface area contributed by atoms with E-state index in [2.05, 4.69) is 6.58 Å². The summed E-state index contributed by atoms with van der Waals surface area (Å²) in [6.07, 6.45) is 0.870. The van der Waals surface area contributed by atoms with Gasteiger partial charge in [-0.15, -0.1) is 0 Å². The lowest BCUT2D eigenvalue weighted by molar-refractivity contribution is -0.113. The highest BCUT2D eigenvalue weighted by molar-refractivity contribution is 6.01. The summed E-state index contributed by atoms with van der Waals surface area (Å²) in [5.74, 6) is -0.658. The molecule has 152 valence electrons. The quantitative estimate of drug-likeness (QED) is 0.726. The van der Waals surface area contributed by atoms with Crippen molar-refractivity contribution in [3.8, 4) is 5.75 Å². The Kier molecular flexibility index (Phi) is 6.29. The van der Waals surface area contributed by atoms with E-state index in [0.717, 1.165) is 5.56 Å². The van der Waals surface area contributed by atoms with Crippen molar-refractivity contribution in [2.45, 2.75) is 6.10 Å². The summed E-state index contributed by atoms with van der Waals surface area (Å²) in [6.45, 7) is 4.66. The van der Waals surface area contributed by atoms with Gasteiger partial charge in [-0.05, 0) is 48.0 Å². The van der Waals surface area contributed by atoms with Crippen LogP contribution in [-0.2, 0) is 9.53 Å². The number of halogens is 1. The topological polar surface area (TPSA) is 59.1 Å². The van der Waals surface area contributed by atoms with Crippen LogP contribution in [0.2, 0.25) is 0 Å². The smallest absolute Gasteiger partial charge is 0.254 e. The molecule has 1 unspecified atom stereocenters. The average Bonchev–Trinajstić information content (AvgIpc) is 2.78. The van der Waals surface area contributed by atoms with Gasteiger partial charge in [-0.2, -0.15) is 0 Å². The summed E-state index contributed by atoms with van der Waals surface area (Å²) in [6, 6.07) is 11.4. The molecule has 2 amide bonds. The van der Waals surface area contributed by atoms with Gasteiger partial charge in [0.05, 0.1) is 20.3 Å². The van der Waals surface area contributed by atoms with Crippen LogP contribution in [0.15, 0.2) is 55.1 Å². The predicted molar refractivity (Wildman–Crippen MR) is 108 cm³/mol. The molecule has 0 aliphatic carbocycles. The van der Waals surface area contributed by atoms with Crippen LogP contribution < -0.4 is 9.64 Å². The van der Waals surface area contributed by atoms with Crippen LogP contribution in [0.1, 0.15) is 22.0 Å². The van der Waals surface area contributed by atoms with Crippen LogP contribution in [0.4, 0.5) is 10.1 Å². The van der Waals surface area contributed by atoms with Crippen molar-refractivity contribution >= 4 is 17.5 Å². The van der Waals surface area contributed by atoms with Gasteiger partial charge in [-0.3, -0.25) is 9.59 Å². The van der Waals surface area contributed by atoms with Crippen molar-refractivity contribution in [2.24, 2.45) is 0 Å². The standard InChI is InChI=1S/C22H23FN2O4/c1-4-21(26)24(2)17-8-5-15(6-9-17)22(27)25-11-12-29-20(14-25)16-7-10-18(23)19(13-16)28-3/h4-10,13,20H,1,11-12,14H2,2-3H3. The first kappa shape index (κ1) is 20.5. The summed E-state index contributed by atoms with van der Waals surface area (Å²) in [5, 5.41) is 0. The molecule has 1 atom stereocenters. The Bertz CT molecular complexity index is 914. The fraction of sp³-hybridized carbons (Fsp3) is 0.273. The summed E-state index contributed by atoms with van der Waals surface area (Å²) < 4.78 is 24.5. The number of methoxy groups -OCH3 is 1. The number of hydrogen-bond acceptors (Lipinski definition) is 4. The van der Waals surface area contributed by atoms with Crippen molar-refractivity contribution in [2.75, 3.05) is 38.8 Å². The van der Waals surface area contributed by atoms with Crippen LogP contribution in [0.5, 0.6) is 5.75 Å². The van der Waals surface area contributed by atoms with Crippen molar-refractivity contribution in [3.63, 3.8) is 0 Å². The molecule has 1 heterocycles. The predicted octanol–water partition coefficient (Wildman–Crippen LogP) is 3.20. The summed E-state index contributed by atoms with van der Waals surface area (Å²) in [7, 11) is 3.05. The zero-order valence-electron chi connectivity index (χ0n) is 16.4. The Morgan fingerprint density at radius 3 is 2.66 bits per heavy atom. The number of anilines is 1. The normalized spacial score (nSPS) is 16.2. The van der Waals surface area contributed by atoms with E-state index in [9.17, 15) is 14.0 Å². The number of morpholine rings is 1. The molecule has 2 aromatic rings. The number of ether oxygens (including phenoxy) is 2. The maximum atomic E-state index is 13.7. The third-order valence-corrected chi connectivity index (χ3v) is 4.91. The SMILES string of the molecule is C=CC(=O)N(C)c1ccc(C(=O)N2CCOC(c3ccc(F)c(OC)c3)C2)cc1. The van der Waals surface area contributed by atoms with E-state index in [1.54, 1.807) is 48.3 Å². The van der Waals surface area contributed by atoms with Crippen LogP contribution >= 0.6 is 0 Å². The largest absolute Gasteiger partial charge is 0.494 e. The zero-order valence-corrected chi connectivity index (χ0v) is 16.4. The number of carbonyl (C=O) groups is 2.